The first-order valence-corrected chi connectivity index (χ1v) is 7.10. The van der Waals surface area contributed by atoms with Gasteiger partial charge in [0.2, 0.25) is 0 Å². The Morgan fingerprint density at radius 1 is 0.750 bits per heavy atom. The standard InChI is InChI=1S/C19H19N/c1-3-9-17(10-4-1)15-19-13-7-8-14-20(19)16-18-11-5-2-6-12-18/h1-14,19H,15-16H2. The van der Waals surface area contributed by atoms with Crippen molar-refractivity contribution in [2.45, 2.75) is 19.0 Å². The van der Waals surface area contributed by atoms with Crippen LogP contribution >= 0.6 is 0 Å². The zero-order valence-electron chi connectivity index (χ0n) is 11.5. The molecule has 0 fully saturated rings. The average Bonchev–Trinajstić information content (AvgIpc) is 2.51. The second kappa shape index (κ2) is 6.25. The van der Waals surface area contributed by atoms with Gasteiger partial charge in [-0.3, -0.25) is 0 Å². The lowest BCUT2D eigenvalue weighted by Gasteiger charge is -2.30. The molecule has 20 heavy (non-hydrogen) atoms. The normalized spacial score (nSPS) is 17.4. The number of nitrogens with zero attached hydrogens (tertiary/aromatic N) is 1. The van der Waals surface area contributed by atoms with Crippen molar-refractivity contribution < 1.29 is 0 Å². The molecular weight excluding hydrogens is 242 g/mol. The van der Waals surface area contributed by atoms with Crippen LogP contribution in [-0.4, -0.2) is 10.9 Å². The SMILES string of the molecule is C1=CC(Cc2ccccc2)N(Cc2ccccc2)C=C1. The van der Waals surface area contributed by atoms with Crippen molar-refractivity contribution in [3.05, 3.63) is 96.2 Å². The molecule has 2 aromatic rings. The fourth-order valence-electron chi connectivity index (χ4n) is 2.58. The Balaban J connectivity index is 1.72. The van der Waals surface area contributed by atoms with Gasteiger partial charge in [-0.2, -0.15) is 0 Å². The van der Waals surface area contributed by atoms with Gasteiger partial charge in [-0.1, -0.05) is 72.8 Å². The van der Waals surface area contributed by atoms with Crippen molar-refractivity contribution in [3.8, 4) is 0 Å². The number of benzene rings is 2. The molecule has 1 aliphatic heterocycles. The zero-order chi connectivity index (χ0) is 13.6. The van der Waals surface area contributed by atoms with Gasteiger partial charge in [0, 0.05) is 6.54 Å². The van der Waals surface area contributed by atoms with E-state index in [9.17, 15) is 0 Å². The summed E-state index contributed by atoms with van der Waals surface area (Å²) in [4.78, 5) is 2.41. The molecule has 0 bridgehead atoms. The highest BCUT2D eigenvalue weighted by molar-refractivity contribution is 5.23. The van der Waals surface area contributed by atoms with Crippen molar-refractivity contribution in [2.24, 2.45) is 0 Å². The molecule has 0 aromatic heterocycles. The predicted octanol–water partition coefficient (Wildman–Crippen LogP) is 4.18. The third-order valence-corrected chi connectivity index (χ3v) is 3.64. The molecule has 1 unspecified atom stereocenters. The summed E-state index contributed by atoms with van der Waals surface area (Å²) in [5.41, 5.74) is 2.74. The minimum absolute atomic E-state index is 0.433. The lowest BCUT2D eigenvalue weighted by atomic mass is 10.0. The summed E-state index contributed by atoms with van der Waals surface area (Å²) >= 11 is 0. The largest absolute Gasteiger partial charge is 0.366 e. The molecule has 1 heteroatoms. The topological polar surface area (TPSA) is 3.24 Å². The van der Waals surface area contributed by atoms with Gasteiger partial charge < -0.3 is 4.90 Å². The van der Waals surface area contributed by atoms with E-state index < -0.39 is 0 Å². The van der Waals surface area contributed by atoms with Crippen molar-refractivity contribution in [2.75, 3.05) is 0 Å². The van der Waals surface area contributed by atoms with Crippen LogP contribution in [0.15, 0.2) is 85.1 Å². The van der Waals surface area contributed by atoms with Crippen LogP contribution in [-0.2, 0) is 13.0 Å². The molecule has 100 valence electrons. The molecule has 0 radical (unpaired) electrons. The first-order chi connectivity index (χ1) is 9.92. The fourth-order valence-corrected chi connectivity index (χ4v) is 2.58. The predicted molar refractivity (Wildman–Crippen MR) is 84.2 cm³/mol. The van der Waals surface area contributed by atoms with Crippen LogP contribution in [0.25, 0.3) is 0 Å². The summed E-state index contributed by atoms with van der Waals surface area (Å²) < 4.78 is 0. The number of hydrogen-bond acceptors (Lipinski definition) is 1. The van der Waals surface area contributed by atoms with E-state index >= 15 is 0 Å². The van der Waals surface area contributed by atoms with E-state index in [1.165, 1.54) is 11.1 Å². The molecule has 0 saturated carbocycles. The molecular formula is C19H19N. The van der Waals surface area contributed by atoms with Crippen molar-refractivity contribution in [3.63, 3.8) is 0 Å². The van der Waals surface area contributed by atoms with E-state index in [-0.39, 0.29) is 0 Å². The van der Waals surface area contributed by atoms with E-state index in [0.717, 1.165) is 13.0 Å². The Labute approximate surface area is 120 Å². The molecule has 0 N–H and O–H groups in total. The molecule has 3 rings (SSSR count). The van der Waals surface area contributed by atoms with Gasteiger partial charge in [0.05, 0.1) is 6.04 Å². The molecule has 1 nitrogen and oxygen atoms in total. The highest BCUT2D eigenvalue weighted by Gasteiger charge is 2.15. The molecule has 1 heterocycles. The van der Waals surface area contributed by atoms with Crippen molar-refractivity contribution >= 4 is 0 Å². The summed E-state index contributed by atoms with van der Waals surface area (Å²) in [7, 11) is 0. The number of allylic oxidation sites excluding steroid dienone is 2. The lowest BCUT2D eigenvalue weighted by molar-refractivity contribution is 0.306. The molecule has 1 aliphatic rings. The fraction of sp³-hybridized carbons (Fsp3) is 0.158. The minimum Gasteiger partial charge on any atom is -0.366 e. The van der Waals surface area contributed by atoms with Crippen LogP contribution in [0.4, 0.5) is 0 Å². The van der Waals surface area contributed by atoms with E-state index in [4.69, 9.17) is 0 Å². The van der Waals surface area contributed by atoms with E-state index in [1.807, 2.05) is 0 Å². The third kappa shape index (κ3) is 3.18. The average molecular weight is 261 g/mol. The molecule has 0 amide bonds. The second-order valence-corrected chi connectivity index (χ2v) is 5.14. The Kier molecular flexibility index (Phi) is 3.98. The summed E-state index contributed by atoms with van der Waals surface area (Å²) in [5, 5.41) is 0. The van der Waals surface area contributed by atoms with Crippen LogP contribution in [0.3, 0.4) is 0 Å². The highest BCUT2D eigenvalue weighted by atomic mass is 15.1. The van der Waals surface area contributed by atoms with Gasteiger partial charge in [0.25, 0.3) is 0 Å². The Bertz CT molecular complexity index is 528. The summed E-state index contributed by atoms with van der Waals surface area (Å²) in [6.07, 6.45) is 9.80. The van der Waals surface area contributed by atoms with Crippen molar-refractivity contribution in [1.82, 2.24) is 4.90 Å². The molecule has 1 atom stereocenters. The quantitative estimate of drug-likeness (QED) is 0.798. The van der Waals surface area contributed by atoms with Crippen LogP contribution in [0.2, 0.25) is 0 Å². The summed E-state index contributed by atoms with van der Waals surface area (Å²) in [6, 6.07) is 21.8. The van der Waals surface area contributed by atoms with E-state index in [1.54, 1.807) is 0 Å². The highest BCUT2D eigenvalue weighted by Crippen LogP contribution is 2.17. The monoisotopic (exact) mass is 261 g/mol. The Morgan fingerprint density at radius 2 is 1.40 bits per heavy atom. The molecule has 0 saturated heterocycles. The molecule has 2 aromatic carbocycles. The van der Waals surface area contributed by atoms with Gasteiger partial charge in [-0.05, 0) is 29.8 Å². The first-order valence-electron chi connectivity index (χ1n) is 7.10. The van der Waals surface area contributed by atoms with E-state index in [2.05, 4.69) is 90.0 Å². The van der Waals surface area contributed by atoms with Gasteiger partial charge in [0.15, 0.2) is 0 Å². The van der Waals surface area contributed by atoms with Crippen LogP contribution in [0, 0.1) is 0 Å². The number of rotatable bonds is 4. The van der Waals surface area contributed by atoms with Crippen LogP contribution < -0.4 is 0 Å². The lowest BCUT2D eigenvalue weighted by Crippen LogP contribution is -2.31. The van der Waals surface area contributed by atoms with Gasteiger partial charge in [-0.25, -0.2) is 0 Å². The molecule has 0 spiro atoms. The summed E-state index contributed by atoms with van der Waals surface area (Å²) in [5.74, 6) is 0. The third-order valence-electron chi connectivity index (χ3n) is 3.64. The van der Waals surface area contributed by atoms with Gasteiger partial charge >= 0.3 is 0 Å². The Morgan fingerprint density at radius 3 is 2.10 bits per heavy atom. The maximum absolute atomic E-state index is 2.41. The van der Waals surface area contributed by atoms with Gasteiger partial charge in [-0.15, -0.1) is 0 Å². The van der Waals surface area contributed by atoms with E-state index in [0.29, 0.717) is 6.04 Å². The van der Waals surface area contributed by atoms with Crippen LogP contribution in [0.1, 0.15) is 11.1 Å². The maximum Gasteiger partial charge on any atom is 0.0514 e. The van der Waals surface area contributed by atoms with Crippen LogP contribution in [0.5, 0.6) is 0 Å². The second-order valence-electron chi connectivity index (χ2n) is 5.14. The summed E-state index contributed by atoms with van der Waals surface area (Å²) in [6.45, 7) is 0.958. The zero-order valence-corrected chi connectivity index (χ0v) is 11.5. The minimum atomic E-state index is 0.433. The first kappa shape index (κ1) is 12.7. The molecule has 0 aliphatic carbocycles. The Hall–Kier alpha value is -2.28. The number of hydrogen-bond donors (Lipinski definition) is 0. The van der Waals surface area contributed by atoms with Gasteiger partial charge in [0.1, 0.15) is 0 Å². The maximum atomic E-state index is 2.41. The van der Waals surface area contributed by atoms with Crippen molar-refractivity contribution in [1.29, 1.82) is 0 Å². The smallest absolute Gasteiger partial charge is 0.0514 e.